The third kappa shape index (κ3) is 4.44. The Morgan fingerprint density at radius 1 is 1.00 bits per heavy atom. The number of aryl methyl sites for hydroxylation is 1. The number of benzene rings is 3. The molecule has 0 aliphatic carbocycles. The van der Waals surface area contributed by atoms with Gasteiger partial charge in [0, 0.05) is 17.3 Å². The van der Waals surface area contributed by atoms with Crippen LogP contribution in [0.2, 0.25) is 0 Å². The summed E-state index contributed by atoms with van der Waals surface area (Å²) >= 11 is 0. The molecule has 0 spiro atoms. The molecule has 1 atom stereocenters. The molecule has 5 nitrogen and oxygen atoms in total. The Labute approximate surface area is 204 Å². The zero-order chi connectivity index (χ0) is 25.5. The number of carbonyl (C=O) groups is 2. The number of anilines is 1. The minimum Gasteiger partial charge on any atom is -0.507 e. The minimum atomic E-state index is -0.944. The normalized spacial score (nSPS) is 17.7. The summed E-state index contributed by atoms with van der Waals surface area (Å²) < 4.78 is 19.1. The Balaban J connectivity index is 1.98. The van der Waals surface area contributed by atoms with E-state index in [1.807, 2.05) is 25.1 Å². The molecule has 1 heterocycles. The molecule has 0 aromatic heterocycles. The highest BCUT2D eigenvalue weighted by Crippen LogP contribution is 2.43. The summed E-state index contributed by atoms with van der Waals surface area (Å²) in [6, 6.07) is 17.1. The smallest absolute Gasteiger partial charge is 0.300 e. The number of ketones is 1. The molecule has 1 unspecified atom stereocenters. The molecular formula is C29H28FNO4. The second-order valence-electron chi connectivity index (χ2n) is 9.70. The number of Topliss-reactive ketones (excluding diaryl/α,β-unsaturated/α-hetero) is 1. The van der Waals surface area contributed by atoms with Gasteiger partial charge in [-0.15, -0.1) is 0 Å². The average molecular weight is 474 g/mol. The second-order valence-corrected chi connectivity index (χ2v) is 9.70. The van der Waals surface area contributed by atoms with Crippen LogP contribution in [-0.2, 0) is 15.0 Å². The maximum absolute atomic E-state index is 13.8. The summed E-state index contributed by atoms with van der Waals surface area (Å²) in [6.07, 6.45) is 0. The van der Waals surface area contributed by atoms with Crippen LogP contribution in [0.1, 0.15) is 49.1 Å². The molecule has 0 saturated carbocycles. The van der Waals surface area contributed by atoms with Crippen LogP contribution in [0.3, 0.4) is 0 Å². The van der Waals surface area contributed by atoms with Crippen molar-refractivity contribution in [3.63, 3.8) is 0 Å². The van der Waals surface area contributed by atoms with Crippen molar-refractivity contribution in [3.05, 3.63) is 100 Å². The van der Waals surface area contributed by atoms with Crippen LogP contribution in [0.15, 0.2) is 72.3 Å². The molecule has 4 rings (SSSR count). The van der Waals surface area contributed by atoms with E-state index < -0.39 is 23.5 Å². The molecule has 1 amide bonds. The van der Waals surface area contributed by atoms with Crippen molar-refractivity contribution in [3.8, 4) is 5.75 Å². The quantitative estimate of drug-likeness (QED) is 0.284. The number of nitrogens with zero attached hydrogens (tertiary/aromatic N) is 1. The second kappa shape index (κ2) is 9.02. The van der Waals surface area contributed by atoms with Gasteiger partial charge in [-0.2, -0.15) is 0 Å². The van der Waals surface area contributed by atoms with E-state index in [4.69, 9.17) is 4.74 Å². The summed E-state index contributed by atoms with van der Waals surface area (Å²) in [6.45, 7) is 8.01. The van der Waals surface area contributed by atoms with Gasteiger partial charge in [-0.05, 0) is 59.4 Å². The summed E-state index contributed by atoms with van der Waals surface area (Å²) in [4.78, 5) is 28.0. The van der Waals surface area contributed by atoms with Gasteiger partial charge < -0.3 is 9.84 Å². The van der Waals surface area contributed by atoms with Gasteiger partial charge in [-0.25, -0.2) is 4.39 Å². The molecule has 6 heteroatoms. The first-order valence-corrected chi connectivity index (χ1v) is 11.3. The lowest BCUT2D eigenvalue weighted by atomic mass is 9.84. The highest BCUT2D eigenvalue weighted by molar-refractivity contribution is 6.51. The Morgan fingerprint density at radius 2 is 1.69 bits per heavy atom. The molecule has 1 saturated heterocycles. The summed E-state index contributed by atoms with van der Waals surface area (Å²) in [5.41, 5.74) is 2.92. The molecule has 3 aromatic carbocycles. The summed E-state index contributed by atoms with van der Waals surface area (Å²) in [5.74, 6) is -1.78. The lowest BCUT2D eigenvalue weighted by Crippen LogP contribution is -2.29. The van der Waals surface area contributed by atoms with E-state index >= 15 is 0 Å². The van der Waals surface area contributed by atoms with Crippen molar-refractivity contribution in [2.75, 3.05) is 12.0 Å². The van der Waals surface area contributed by atoms with Crippen molar-refractivity contribution in [1.82, 2.24) is 0 Å². The van der Waals surface area contributed by atoms with Gasteiger partial charge in [0.15, 0.2) is 0 Å². The Bertz CT molecular complexity index is 1340. The number of aliphatic hydroxyl groups is 1. The molecule has 0 radical (unpaired) electrons. The lowest BCUT2D eigenvalue weighted by molar-refractivity contribution is -0.132. The predicted molar refractivity (Wildman–Crippen MR) is 134 cm³/mol. The number of rotatable bonds is 4. The first kappa shape index (κ1) is 24.2. The molecule has 1 fully saturated rings. The van der Waals surface area contributed by atoms with Gasteiger partial charge in [0.2, 0.25) is 0 Å². The Morgan fingerprint density at radius 3 is 2.31 bits per heavy atom. The predicted octanol–water partition coefficient (Wildman–Crippen LogP) is 6.07. The first-order chi connectivity index (χ1) is 16.5. The lowest BCUT2D eigenvalue weighted by Gasteiger charge is -2.26. The Kier molecular flexibility index (Phi) is 6.24. The average Bonchev–Trinajstić information content (AvgIpc) is 3.09. The van der Waals surface area contributed by atoms with Crippen LogP contribution >= 0.6 is 0 Å². The SMILES string of the molecule is COc1cccc(N2C(=O)C(=O)/C(=C(/O)c3cc(C(C)(C)C)ccc3C)C2c2ccc(F)cc2)c1. The van der Waals surface area contributed by atoms with Crippen LogP contribution in [0.5, 0.6) is 5.75 Å². The van der Waals surface area contributed by atoms with E-state index in [1.165, 1.54) is 36.3 Å². The van der Waals surface area contributed by atoms with Crippen molar-refractivity contribution in [1.29, 1.82) is 0 Å². The van der Waals surface area contributed by atoms with Gasteiger partial charge in [0.1, 0.15) is 17.3 Å². The van der Waals surface area contributed by atoms with Crippen molar-refractivity contribution in [2.45, 2.75) is 39.2 Å². The largest absolute Gasteiger partial charge is 0.507 e. The zero-order valence-corrected chi connectivity index (χ0v) is 20.4. The minimum absolute atomic E-state index is 0.0430. The van der Waals surface area contributed by atoms with E-state index in [2.05, 4.69) is 20.8 Å². The maximum atomic E-state index is 13.8. The zero-order valence-electron chi connectivity index (χ0n) is 20.4. The number of carbonyl (C=O) groups excluding carboxylic acids is 2. The fraction of sp³-hybridized carbons (Fsp3) is 0.241. The third-order valence-corrected chi connectivity index (χ3v) is 6.32. The summed E-state index contributed by atoms with van der Waals surface area (Å²) in [7, 11) is 1.51. The number of aliphatic hydroxyl groups excluding tert-OH is 1. The fourth-order valence-corrected chi connectivity index (χ4v) is 4.31. The summed E-state index contributed by atoms with van der Waals surface area (Å²) in [5, 5.41) is 11.5. The van der Waals surface area contributed by atoms with Crippen LogP contribution in [0.4, 0.5) is 10.1 Å². The Hall–Kier alpha value is -3.93. The number of hydrogen-bond donors (Lipinski definition) is 1. The highest BCUT2D eigenvalue weighted by Gasteiger charge is 2.47. The van der Waals surface area contributed by atoms with E-state index in [0.717, 1.165) is 11.1 Å². The third-order valence-electron chi connectivity index (χ3n) is 6.32. The topological polar surface area (TPSA) is 66.8 Å². The number of halogens is 1. The number of ether oxygens (including phenoxy) is 1. The highest BCUT2D eigenvalue weighted by atomic mass is 19.1. The van der Waals surface area contributed by atoms with Crippen LogP contribution in [-0.4, -0.2) is 23.9 Å². The standard InChI is InChI=1S/C29H28FNO4/c1-17-9-12-19(29(2,3)4)15-23(17)26(32)24-25(18-10-13-20(30)14-11-18)31(28(34)27(24)33)21-7-6-8-22(16-21)35-5/h6-16,25,32H,1-5H3/b26-24+. The monoisotopic (exact) mass is 473 g/mol. The molecule has 1 aliphatic rings. The molecule has 1 N–H and O–H groups in total. The van der Waals surface area contributed by atoms with Gasteiger partial charge in [0.25, 0.3) is 11.7 Å². The van der Waals surface area contributed by atoms with Crippen LogP contribution in [0, 0.1) is 12.7 Å². The van der Waals surface area contributed by atoms with Crippen LogP contribution < -0.4 is 9.64 Å². The van der Waals surface area contributed by atoms with Gasteiger partial charge in [-0.1, -0.05) is 51.1 Å². The fourth-order valence-electron chi connectivity index (χ4n) is 4.31. The van der Waals surface area contributed by atoms with E-state index in [1.54, 1.807) is 24.3 Å². The molecule has 1 aliphatic heterocycles. The van der Waals surface area contributed by atoms with Crippen molar-refractivity contribution < 1.29 is 23.8 Å². The molecular weight excluding hydrogens is 445 g/mol. The van der Waals surface area contributed by atoms with E-state index in [-0.39, 0.29) is 16.7 Å². The van der Waals surface area contributed by atoms with E-state index in [9.17, 15) is 19.1 Å². The number of hydrogen-bond acceptors (Lipinski definition) is 4. The van der Waals surface area contributed by atoms with E-state index in [0.29, 0.717) is 22.6 Å². The molecule has 35 heavy (non-hydrogen) atoms. The first-order valence-electron chi connectivity index (χ1n) is 11.3. The van der Waals surface area contributed by atoms with Gasteiger partial charge >= 0.3 is 0 Å². The molecule has 3 aromatic rings. The molecule has 180 valence electrons. The van der Waals surface area contributed by atoms with Gasteiger partial charge in [0.05, 0.1) is 18.7 Å². The van der Waals surface area contributed by atoms with Crippen LogP contribution in [0.25, 0.3) is 5.76 Å². The number of methoxy groups -OCH3 is 1. The van der Waals surface area contributed by atoms with Crippen molar-refractivity contribution in [2.24, 2.45) is 0 Å². The number of amides is 1. The van der Waals surface area contributed by atoms with Crippen molar-refractivity contribution >= 4 is 23.1 Å². The maximum Gasteiger partial charge on any atom is 0.300 e. The molecule has 0 bridgehead atoms. The van der Waals surface area contributed by atoms with Gasteiger partial charge in [-0.3, -0.25) is 14.5 Å².